The molecular weight excluding hydrogens is 216 g/mol. The van der Waals surface area contributed by atoms with Crippen LogP contribution in [0.5, 0.6) is 5.75 Å². The van der Waals surface area contributed by atoms with Gasteiger partial charge in [-0.05, 0) is 24.5 Å². The van der Waals surface area contributed by atoms with Crippen molar-refractivity contribution in [1.29, 1.82) is 0 Å². The zero-order valence-electron chi connectivity index (χ0n) is 10.2. The van der Waals surface area contributed by atoms with E-state index in [2.05, 4.69) is 4.90 Å². The Hall–Kier alpha value is -1.26. The number of aliphatic hydroxyl groups is 1. The van der Waals surface area contributed by atoms with Crippen LogP contribution in [0.15, 0.2) is 18.2 Å². The lowest BCUT2D eigenvalue weighted by molar-refractivity contribution is 0.266. The van der Waals surface area contributed by atoms with Crippen LogP contribution in [0.25, 0.3) is 0 Å². The summed E-state index contributed by atoms with van der Waals surface area (Å²) in [6.45, 7) is 1.68. The van der Waals surface area contributed by atoms with Crippen molar-refractivity contribution in [1.82, 2.24) is 0 Å². The first-order valence-electron chi connectivity index (χ1n) is 6.04. The highest BCUT2D eigenvalue weighted by Gasteiger charge is 2.25. The summed E-state index contributed by atoms with van der Waals surface area (Å²) in [5, 5.41) is 9.38. The quantitative estimate of drug-likeness (QED) is 0.822. The number of ether oxygens (including phenoxy) is 1. The van der Waals surface area contributed by atoms with Crippen molar-refractivity contribution < 1.29 is 9.84 Å². The van der Waals surface area contributed by atoms with Crippen molar-refractivity contribution >= 4 is 5.69 Å². The van der Waals surface area contributed by atoms with Crippen LogP contribution in [-0.2, 0) is 6.54 Å². The molecule has 0 bridgehead atoms. The van der Waals surface area contributed by atoms with E-state index in [1.54, 1.807) is 7.11 Å². The van der Waals surface area contributed by atoms with Gasteiger partial charge in [-0.1, -0.05) is 6.07 Å². The van der Waals surface area contributed by atoms with Gasteiger partial charge >= 0.3 is 0 Å². The molecule has 94 valence electrons. The molecular formula is C13H20N2O2. The van der Waals surface area contributed by atoms with Gasteiger partial charge in [-0.15, -0.1) is 0 Å². The predicted molar refractivity (Wildman–Crippen MR) is 68.3 cm³/mol. The van der Waals surface area contributed by atoms with Crippen LogP contribution >= 0.6 is 0 Å². The minimum atomic E-state index is 0.196. The molecule has 3 N–H and O–H groups in total. The Kier molecular flexibility index (Phi) is 3.86. The van der Waals surface area contributed by atoms with E-state index < -0.39 is 0 Å². The maximum atomic E-state index is 9.38. The van der Waals surface area contributed by atoms with Gasteiger partial charge in [0.1, 0.15) is 5.75 Å². The van der Waals surface area contributed by atoms with Gasteiger partial charge in [0.25, 0.3) is 0 Å². The topological polar surface area (TPSA) is 58.7 Å². The molecule has 0 aromatic heterocycles. The van der Waals surface area contributed by atoms with Gasteiger partial charge in [-0.2, -0.15) is 0 Å². The van der Waals surface area contributed by atoms with Crippen molar-refractivity contribution in [2.75, 3.05) is 25.2 Å². The van der Waals surface area contributed by atoms with E-state index in [4.69, 9.17) is 10.5 Å². The minimum absolute atomic E-state index is 0.196. The second-order valence-electron chi connectivity index (χ2n) is 4.37. The number of hydrogen-bond acceptors (Lipinski definition) is 4. The summed E-state index contributed by atoms with van der Waals surface area (Å²) >= 11 is 0. The van der Waals surface area contributed by atoms with Gasteiger partial charge in [0.15, 0.2) is 0 Å². The molecule has 1 aromatic rings. The first-order chi connectivity index (χ1) is 8.30. The molecule has 1 atom stereocenters. The third-order valence-electron chi connectivity index (χ3n) is 3.41. The lowest BCUT2D eigenvalue weighted by Crippen LogP contribution is -2.33. The van der Waals surface area contributed by atoms with E-state index in [1.807, 2.05) is 18.2 Å². The highest BCUT2D eigenvalue weighted by Crippen LogP contribution is 2.31. The molecule has 1 heterocycles. The maximum absolute atomic E-state index is 9.38. The van der Waals surface area contributed by atoms with Crippen LogP contribution < -0.4 is 15.4 Å². The van der Waals surface area contributed by atoms with Crippen LogP contribution in [0.4, 0.5) is 5.69 Å². The molecule has 1 saturated heterocycles. The summed E-state index contributed by atoms with van der Waals surface area (Å²) in [6.07, 6.45) is 2.16. The van der Waals surface area contributed by atoms with Crippen LogP contribution in [0.1, 0.15) is 18.4 Å². The fourth-order valence-corrected chi connectivity index (χ4v) is 2.45. The normalized spacial score (nSPS) is 19.7. The fraction of sp³-hybridized carbons (Fsp3) is 0.538. The van der Waals surface area contributed by atoms with Crippen molar-refractivity contribution in [2.45, 2.75) is 25.4 Å². The smallest absolute Gasteiger partial charge is 0.120 e. The number of nitrogens with zero attached hydrogens (tertiary/aromatic N) is 1. The predicted octanol–water partition coefficient (Wildman–Crippen LogP) is 1.11. The monoisotopic (exact) mass is 236 g/mol. The molecule has 4 nitrogen and oxygen atoms in total. The summed E-state index contributed by atoms with van der Waals surface area (Å²) in [4.78, 5) is 2.24. The molecule has 0 saturated carbocycles. The average molecular weight is 236 g/mol. The summed E-state index contributed by atoms with van der Waals surface area (Å²) in [5.41, 5.74) is 7.97. The van der Waals surface area contributed by atoms with Gasteiger partial charge in [0, 0.05) is 24.8 Å². The van der Waals surface area contributed by atoms with E-state index in [0.717, 1.165) is 36.4 Å². The van der Waals surface area contributed by atoms with Gasteiger partial charge in [-0.3, -0.25) is 0 Å². The van der Waals surface area contributed by atoms with Crippen molar-refractivity contribution in [3.05, 3.63) is 23.8 Å². The standard InChI is InChI=1S/C13H20N2O2/c1-17-12-5-4-10(8-14)13(7-12)15-6-2-3-11(15)9-16/h4-5,7,11,16H,2-3,6,8-9,14H2,1H3. The lowest BCUT2D eigenvalue weighted by atomic mass is 10.1. The molecule has 0 amide bonds. The summed E-state index contributed by atoms with van der Waals surface area (Å²) in [5.74, 6) is 0.834. The first kappa shape index (κ1) is 12.2. The number of rotatable bonds is 4. The van der Waals surface area contributed by atoms with Crippen LogP contribution in [0.2, 0.25) is 0 Å². The molecule has 17 heavy (non-hydrogen) atoms. The van der Waals surface area contributed by atoms with Gasteiger partial charge in [-0.25, -0.2) is 0 Å². The van der Waals surface area contributed by atoms with Crippen LogP contribution in [0.3, 0.4) is 0 Å². The Morgan fingerprint density at radius 2 is 2.35 bits per heavy atom. The van der Waals surface area contributed by atoms with Crippen LogP contribution in [-0.4, -0.2) is 31.4 Å². The van der Waals surface area contributed by atoms with Crippen molar-refractivity contribution in [3.8, 4) is 5.75 Å². The average Bonchev–Trinajstić information content (AvgIpc) is 2.86. The van der Waals surface area contributed by atoms with E-state index in [9.17, 15) is 5.11 Å². The Bertz CT molecular complexity index is 382. The Morgan fingerprint density at radius 1 is 1.53 bits per heavy atom. The Morgan fingerprint density at radius 3 is 3.00 bits per heavy atom. The molecule has 1 aromatic carbocycles. The number of aliphatic hydroxyl groups excluding tert-OH is 1. The van der Waals surface area contributed by atoms with E-state index in [1.165, 1.54) is 0 Å². The van der Waals surface area contributed by atoms with Gasteiger partial charge in [0.2, 0.25) is 0 Å². The van der Waals surface area contributed by atoms with Crippen LogP contribution in [0, 0.1) is 0 Å². The first-order valence-corrected chi connectivity index (χ1v) is 6.04. The Balaban J connectivity index is 2.34. The molecule has 1 fully saturated rings. The molecule has 0 spiro atoms. The second-order valence-corrected chi connectivity index (χ2v) is 4.37. The number of benzene rings is 1. The Labute approximate surface area is 102 Å². The molecule has 1 unspecified atom stereocenters. The summed E-state index contributed by atoms with van der Waals surface area (Å²) in [7, 11) is 1.66. The highest BCUT2D eigenvalue weighted by molar-refractivity contribution is 5.58. The van der Waals surface area contributed by atoms with Gasteiger partial charge < -0.3 is 20.5 Å². The largest absolute Gasteiger partial charge is 0.497 e. The molecule has 2 rings (SSSR count). The molecule has 0 radical (unpaired) electrons. The van der Waals surface area contributed by atoms with Gasteiger partial charge in [0.05, 0.1) is 19.8 Å². The molecule has 4 heteroatoms. The third kappa shape index (κ3) is 2.37. The number of anilines is 1. The number of hydrogen-bond donors (Lipinski definition) is 2. The molecule has 1 aliphatic heterocycles. The van der Waals surface area contributed by atoms with E-state index in [-0.39, 0.29) is 12.6 Å². The van der Waals surface area contributed by atoms with Crippen molar-refractivity contribution in [2.24, 2.45) is 5.73 Å². The fourth-order valence-electron chi connectivity index (χ4n) is 2.45. The molecule has 1 aliphatic rings. The minimum Gasteiger partial charge on any atom is -0.497 e. The highest BCUT2D eigenvalue weighted by atomic mass is 16.5. The molecule has 0 aliphatic carbocycles. The van der Waals surface area contributed by atoms with Crippen molar-refractivity contribution in [3.63, 3.8) is 0 Å². The number of nitrogens with two attached hydrogens (primary N) is 1. The zero-order valence-corrected chi connectivity index (χ0v) is 10.2. The van der Waals surface area contributed by atoms with E-state index >= 15 is 0 Å². The lowest BCUT2D eigenvalue weighted by Gasteiger charge is -2.27. The van der Waals surface area contributed by atoms with E-state index in [0.29, 0.717) is 6.54 Å². The summed E-state index contributed by atoms with van der Waals surface area (Å²) < 4.78 is 5.25. The number of methoxy groups -OCH3 is 1. The second kappa shape index (κ2) is 5.38. The zero-order chi connectivity index (χ0) is 12.3. The third-order valence-corrected chi connectivity index (χ3v) is 3.41. The summed E-state index contributed by atoms with van der Waals surface area (Å²) in [6, 6.07) is 6.15. The SMILES string of the molecule is COc1ccc(CN)c(N2CCCC2CO)c1. The maximum Gasteiger partial charge on any atom is 0.120 e.